The van der Waals surface area contributed by atoms with Crippen molar-refractivity contribution < 1.29 is 4.79 Å². The van der Waals surface area contributed by atoms with Gasteiger partial charge in [0.25, 0.3) is 5.56 Å². The van der Waals surface area contributed by atoms with Gasteiger partial charge in [-0.05, 0) is 66.8 Å². The molecule has 0 unspecified atom stereocenters. The van der Waals surface area contributed by atoms with E-state index in [2.05, 4.69) is 19.2 Å². The van der Waals surface area contributed by atoms with E-state index < -0.39 is 0 Å². The Labute approximate surface area is 197 Å². The number of rotatable bonds is 6. The highest BCUT2D eigenvalue weighted by Crippen LogP contribution is 2.24. The largest absolute Gasteiger partial charge is 0.325 e. The number of hydrogen-bond donors (Lipinski definition) is 1. The molecule has 33 heavy (non-hydrogen) atoms. The zero-order valence-corrected chi connectivity index (χ0v) is 20.1. The first-order valence-corrected chi connectivity index (χ1v) is 11.9. The number of carbonyl (C=O) groups is 1. The summed E-state index contributed by atoms with van der Waals surface area (Å²) >= 11 is 1.26. The van der Waals surface area contributed by atoms with Crippen LogP contribution in [-0.2, 0) is 4.79 Å². The van der Waals surface area contributed by atoms with E-state index in [9.17, 15) is 9.59 Å². The topological polar surface area (TPSA) is 64.0 Å². The fraction of sp³-hybridized carbons (Fsp3) is 0.222. The Kier molecular flexibility index (Phi) is 6.65. The second kappa shape index (κ2) is 9.63. The van der Waals surface area contributed by atoms with Gasteiger partial charge in [-0.25, -0.2) is 4.98 Å². The second-order valence-electron chi connectivity index (χ2n) is 8.45. The van der Waals surface area contributed by atoms with Crippen LogP contribution in [0.5, 0.6) is 0 Å². The fourth-order valence-electron chi connectivity index (χ4n) is 3.63. The van der Waals surface area contributed by atoms with Crippen molar-refractivity contribution in [3.05, 3.63) is 93.8 Å². The molecule has 0 bridgehead atoms. The van der Waals surface area contributed by atoms with E-state index >= 15 is 0 Å². The number of nitrogens with zero attached hydrogens (tertiary/aromatic N) is 2. The highest BCUT2D eigenvalue weighted by atomic mass is 32.2. The van der Waals surface area contributed by atoms with E-state index in [4.69, 9.17) is 4.98 Å². The molecule has 0 aliphatic heterocycles. The molecule has 1 heterocycles. The van der Waals surface area contributed by atoms with Gasteiger partial charge in [-0.15, -0.1) is 0 Å². The van der Waals surface area contributed by atoms with Gasteiger partial charge >= 0.3 is 0 Å². The van der Waals surface area contributed by atoms with E-state index in [1.807, 2.05) is 74.5 Å². The number of benzene rings is 3. The summed E-state index contributed by atoms with van der Waals surface area (Å²) in [6.45, 7) is 8.22. The van der Waals surface area contributed by atoms with Crippen LogP contribution in [0.4, 0.5) is 5.69 Å². The van der Waals surface area contributed by atoms with Crippen molar-refractivity contribution in [1.29, 1.82) is 0 Å². The SMILES string of the molecule is Cc1ccc(C)c(NC(=O)CSc2nc3ccccc3c(=O)n2-c2ccc(C(C)C)cc2)c1. The van der Waals surface area contributed by atoms with Crippen LogP contribution >= 0.6 is 11.8 Å². The van der Waals surface area contributed by atoms with Gasteiger partial charge in [0, 0.05) is 5.69 Å². The molecule has 1 amide bonds. The smallest absolute Gasteiger partial charge is 0.266 e. The molecular formula is C27H27N3O2S. The molecule has 0 spiro atoms. The fourth-order valence-corrected chi connectivity index (χ4v) is 4.44. The van der Waals surface area contributed by atoms with Crippen molar-refractivity contribution in [2.75, 3.05) is 11.1 Å². The Bertz CT molecular complexity index is 1370. The molecule has 0 aliphatic carbocycles. The zero-order valence-electron chi connectivity index (χ0n) is 19.3. The van der Waals surface area contributed by atoms with E-state index in [0.717, 1.165) is 22.5 Å². The molecule has 4 rings (SSSR count). The zero-order chi connectivity index (χ0) is 23.5. The van der Waals surface area contributed by atoms with Gasteiger partial charge in [-0.2, -0.15) is 0 Å². The molecule has 6 heteroatoms. The lowest BCUT2D eigenvalue weighted by atomic mass is 10.0. The maximum atomic E-state index is 13.4. The average Bonchev–Trinajstić information content (AvgIpc) is 2.80. The Morgan fingerprint density at radius 2 is 1.76 bits per heavy atom. The van der Waals surface area contributed by atoms with Crippen molar-refractivity contribution >= 4 is 34.3 Å². The number of thioether (sulfide) groups is 1. The standard InChI is InChI=1S/C27H27N3O2S/c1-17(2)20-11-13-21(14-12-20)30-26(32)22-7-5-6-8-23(22)29-27(30)33-16-25(31)28-24-15-18(3)9-10-19(24)4/h5-15,17H,16H2,1-4H3,(H,28,31). The minimum atomic E-state index is -0.143. The summed E-state index contributed by atoms with van der Waals surface area (Å²) in [6, 6.07) is 21.2. The number of para-hydroxylation sites is 1. The summed E-state index contributed by atoms with van der Waals surface area (Å²) < 4.78 is 1.60. The number of fused-ring (bicyclic) bond motifs is 1. The summed E-state index contributed by atoms with van der Waals surface area (Å²) in [5, 5.41) is 4.02. The number of aryl methyl sites for hydroxylation is 2. The van der Waals surface area contributed by atoms with Gasteiger partial charge < -0.3 is 5.32 Å². The molecule has 0 fully saturated rings. The van der Waals surface area contributed by atoms with Crippen LogP contribution in [0.15, 0.2) is 76.7 Å². The normalized spacial score (nSPS) is 11.2. The molecule has 168 valence electrons. The molecule has 0 saturated heterocycles. The van der Waals surface area contributed by atoms with Gasteiger partial charge in [0.15, 0.2) is 5.16 Å². The van der Waals surface area contributed by atoms with E-state index in [-0.39, 0.29) is 17.2 Å². The van der Waals surface area contributed by atoms with Gasteiger partial charge in [-0.1, -0.05) is 62.0 Å². The third-order valence-electron chi connectivity index (χ3n) is 5.56. The average molecular weight is 458 g/mol. The predicted molar refractivity (Wildman–Crippen MR) is 137 cm³/mol. The van der Waals surface area contributed by atoms with Crippen LogP contribution in [0.1, 0.15) is 36.5 Å². The Hall–Kier alpha value is -3.38. The third-order valence-corrected chi connectivity index (χ3v) is 6.50. The lowest BCUT2D eigenvalue weighted by Gasteiger charge is -2.15. The number of hydrogen-bond acceptors (Lipinski definition) is 4. The highest BCUT2D eigenvalue weighted by molar-refractivity contribution is 7.99. The number of amides is 1. The monoisotopic (exact) mass is 457 g/mol. The van der Waals surface area contributed by atoms with E-state index in [0.29, 0.717) is 22.0 Å². The number of anilines is 1. The Morgan fingerprint density at radius 3 is 2.48 bits per heavy atom. The number of carbonyl (C=O) groups excluding carboxylic acids is 1. The molecule has 0 atom stereocenters. The highest BCUT2D eigenvalue weighted by Gasteiger charge is 2.15. The van der Waals surface area contributed by atoms with Crippen molar-refractivity contribution in [1.82, 2.24) is 9.55 Å². The lowest BCUT2D eigenvalue weighted by molar-refractivity contribution is -0.113. The van der Waals surface area contributed by atoms with Crippen LogP contribution in [0, 0.1) is 13.8 Å². The lowest BCUT2D eigenvalue weighted by Crippen LogP contribution is -2.23. The molecule has 0 radical (unpaired) electrons. The van der Waals surface area contributed by atoms with E-state index in [1.165, 1.54) is 17.3 Å². The first kappa shape index (κ1) is 22.8. The molecule has 1 N–H and O–H groups in total. The first-order chi connectivity index (χ1) is 15.8. The maximum absolute atomic E-state index is 13.4. The summed E-state index contributed by atoms with van der Waals surface area (Å²) in [7, 11) is 0. The van der Waals surface area contributed by atoms with Crippen LogP contribution < -0.4 is 10.9 Å². The Balaban J connectivity index is 1.67. The van der Waals surface area contributed by atoms with Gasteiger partial charge in [0.1, 0.15) is 0 Å². The van der Waals surface area contributed by atoms with Gasteiger partial charge in [0.05, 0.1) is 22.3 Å². The molecule has 5 nitrogen and oxygen atoms in total. The van der Waals surface area contributed by atoms with E-state index in [1.54, 1.807) is 10.6 Å². The van der Waals surface area contributed by atoms with Crippen LogP contribution in [0.3, 0.4) is 0 Å². The molecular weight excluding hydrogens is 430 g/mol. The summed E-state index contributed by atoms with van der Waals surface area (Å²) in [4.78, 5) is 30.8. The molecule has 4 aromatic rings. The van der Waals surface area contributed by atoms with Crippen molar-refractivity contribution in [3.8, 4) is 5.69 Å². The number of aromatic nitrogens is 2. The third kappa shape index (κ3) is 5.01. The quantitative estimate of drug-likeness (QED) is 0.291. The molecule has 1 aromatic heterocycles. The maximum Gasteiger partial charge on any atom is 0.266 e. The summed E-state index contributed by atoms with van der Waals surface area (Å²) in [5.41, 5.74) is 5.30. The molecule has 3 aromatic carbocycles. The van der Waals surface area contributed by atoms with Crippen LogP contribution in [0.2, 0.25) is 0 Å². The molecule has 0 aliphatic rings. The van der Waals surface area contributed by atoms with Crippen LogP contribution in [0.25, 0.3) is 16.6 Å². The second-order valence-corrected chi connectivity index (χ2v) is 9.40. The summed E-state index contributed by atoms with van der Waals surface area (Å²) in [6.07, 6.45) is 0. The number of nitrogens with one attached hydrogen (secondary N) is 1. The van der Waals surface area contributed by atoms with Gasteiger partial charge in [-0.3, -0.25) is 14.2 Å². The molecule has 0 saturated carbocycles. The van der Waals surface area contributed by atoms with Crippen LogP contribution in [-0.4, -0.2) is 21.2 Å². The van der Waals surface area contributed by atoms with Crippen molar-refractivity contribution in [2.24, 2.45) is 0 Å². The van der Waals surface area contributed by atoms with Crippen molar-refractivity contribution in [3.63, 3.8) is 0 Å². The summed E-state index contributed by atoms with van der Waals surface area (Å²) in [5.74, 6) is 0.397. The minimum absolute atomic E-state index is 0.141. The minimum Gasteiger partial charge on any atom is -0.325 e. The van der Waals surface area contributed by atoms with Crippen molar-refractivity contribution in [2.45, 2.75) is 38.8 Å². The van der Waals surface area contributed by atoms with Gasteiger partial charge in [0.2, 0.25) is 5.91 Å². The Morgan fingerprint density at radius 1 is 1.03 bits per heavy atom. The first-order valence-electron chi connectivity index (χ1n) is 11.0. The predicted octanol–water partition coefficient (Wildman–Crippen LogP) is 5.86.